The van der Waals surface area contributed by atoms with Gasteiger partial charge in [0.25, 0.3) is 0 Å². The fourth-order valence-electron chi connectivity index (χ4n) is 3.50. The molecule has 1 aliphatic rings. The molecule has 0 radical (unpaired) electrons. The minimum absolute atomic E-state index is 0.178. The standard InChI is InChI=1S/C19H24N2OS/c1-4-20-11-15(3)21(12-14(20)2)19(17-8-9-23-13-17)16-6-5-7-18(22)10-16/h4-10,13-15,19,22H,1,11-12H2,2-3H3/t14-,15+,19+/m1/s1. The van der Waals surface area contributed by atoms with Gasteiger partial charge in [0.05, 0.1) is 6.04 Å². The molecule has 0 unspecified atom stereocenters. The molecule has 1 fully saturated rings. The average Bonchev–Trinajstić information content (AvgIpc) is 3.05. The van der Waals surface area contributed by atoms with Crippen LogP contribution in [0, 0.1) is 0 Å². The predicted molar refractivity (Wildman–Crippen MR) is 96.8 cm³/mol. The maximum atomic E-state index is 9.92. The average molecular weight is 328 g/mol. The molecule has 0 saturated carbocycles. The zero-order chi connectivity index (χ0) is 16.4. The summed E-state index contributed by atoms with van der Waals surface area (Å²) < 4.78 is 0. The summed E-state index contributed by atoms with van der Waals surface area (Å²) >= 11 is 1.72. The molecule has 2 aromatic rings. The van der Waals surface area contributed by atoms with Crippen molar-refractivity contribution in [1.29, 1.82) is 0 Å². The first-order valence-electron chi connectivity index (χ1n) is 8.05. The number of nitrogens with zero attached hydrogens (tertiary/aromatic N) is 2. The van der Waals surface area contributed by atoms with Gasteiger partial charge in [-0.05, 0) is 60.1 Å². The molecule has 1 aromatic heterocycles. The number of benzene rings is 1. The van der Waals surface area contributed by atoms with Crippen LogP contribution in [0.1, 0.15) is 31.0 Å². The minimum atomic E-state index is 0.178. The van der Waals surface area contributed by atoms with Gasteiger partial charge in [0, 0.05) is 25.2 Å². The van der Waals surface area contributed by atoms with E-state index >= 15 is 0 Å². The van der Waals surface area contributed by atoms with Gasteiger partial charge in [-0.2, -0.15) is 11.3 Å². The van der Waals surface area contributed by atoms with Crippen molar-refractivity contribution < 1.29 is 5.11 Å². The van der Waals surface area contributed by atoms with Crippen molar-refractivity contribution in [3.8, 4) is 5.75 Å². The van der Waals surface area contributed by atoms with Gasteiger partial charge < -0.3 is 10.0 Å². The van der Waals surface area contributed by atoms with Crippen molar-refractivity contribution in [3.05, 3.63) is 65.0 Å². The molecule has 3 atom stereocenters. The molecule has 2 heterocycles. The second-order valence-corrected chi connectivity index (χ2v) is 7.11. The third-order valence-corrected chi connectivity index (χ3v) is 5.39. The van der Waals surface area contributed by atoms with E-state index in [-0.39, 0.29) is 6.04 Å². The van der Waals surface area contributed by atoms with Crippen molar-refractivity contribution >= 4 is 11.3 Å². The fraction of sp³-hybridized carbons (Fsp3) is 0.368. The number of rotatable bonds is 4. The topological polar surface area (TPSA) is 26.7 Å². The van der Waals surface area contributed by atoms with Gasteiger partial charge in [-0.15, -0.1) is 0 Å². The highest BCUT2D eigenvalue weighted by molar-refractivity contribution is 7.08. The number of hydrogen-bond donors (Lipinski definition) is 1. The predicted octanol–water partition coefficient (Wildman–Crippen LogP) is 4.08. The Morgan fingerprint density at radius 2 is 2.04 bits per heavy atom. The van der Waals surface area contributed by atoms with E-state index in [0.29, 0.717) is 17.8 Å². The maximum Gasteiger partial charge on any atom is 0.115 e. The summed E-state index contributed by atoms with van der Waals surface area (Å²) in [5.41, 5.74) is 2.45. The molecule has 0 aliphatic carbocycles. The minimum Gasteiger partial charge on any atom is -0.508 e. The lowest BCUT2D eigenvalue weighted by molar-refractivity contribution is 0.0505. The summed E-state index contributed by atoms with van der Waals surface area (Å²) in [6, 6.07) is 10.9. The van der Waals surface area contributed by atoms with Gasteiger partial charge in [-0.25, -0.2) is 0 Å². The molecule has 0 bridgehead atoms. The Morgan fingerprint density at radius 3 is 2.70 bits per heavy atom. The van der Waals surface area contributed by atoms with Crippen molar-refractivity contribution in [2.24, 2.45) is 0 Å². The van der Waals surface area contributed by atoms with Crippen LogP contribution in [0.15, 0.2) is 53.9 Å². The van der Waals surface area contributed by atoms with Crippen molar-refractivity contribution in [2.75, 3.05) is 13.1 Å². The van der Waals surface area contributed by atoms with E-state index in [2.05, 4.69) is 53.1 Å². The van der Waals surface area contributed by atoms with E-state index in [9.17, 15) is 5.11 Å². The maximum absolute atomic E-state index is 9.92. The molecule has 3 rings (SSSR count). The van der Waals surface area contributed by atoms with Gasteiger partial charge in [0.1, 0.15) is 5.75 Å². The summed E-state index contributed by atoms with van der Waals surface area (Å²) in [5, 5.41) is 14.3. The zero-order valence-corrected chi connectivity index (χ0v) is 14.5. The normalized spacial score (nSPS) is 23.7. The molecular weight excluding hydrogens is 304 g/mol. The Morgan fingerprint density at radius 1 is 1.22 bits per heavy atom. The molecule has 1 N–H and O–H groups in total. The highest BCUT2D eigenvalue weighted by atomic mass is 32.1. The summed E-state index contributed by atoms with van der Waals surface area (Å²) in [7, 11) is 0. The van der Waals surface area contributed by atoms with E-state index in [1.54, 1.807) is 17.4 Å². The molecular formula is C19H24N2OS. The molecule has 23 heavy (non-hydrogen) atoms. The number of aromatic hydroxyl groups is 1. The summed E-state index contributed by atoms with van der Waals surface area (Å²) in [6.45, 7) is 10.4. The van der Waals surface area contributed by atoms with Crippen LogP contribution in [0.3, 0.4) is 0 Å². The van der Waals surface area contributed by atoms with E-state index in [1.165, 1.54) is 5.56 Å². The van der Waals surface area contributed by atoms with E-state index in [0.717, 1.165) is 18.7 Å². The van der Waals surface area contributed by atoms with Crippen molar-refractivity contribution in [3.63, 3.8) is 0 Å². The second kappa shape index (κ2) is 6.77. The van der Waals surface area contributed by atoms with Crippen LogP contribution in [-0.4, -0.2) is 40.1 Å². The van der Waals surface area contributed by atoms with Gasteiger partial charge in [-0.1, -0.05) is 18.7 Å². The van der Waals surface area contributed by atoms with Crippen LogP contribution in [0.2, 0.25) is 0 Å². The molecule has 1 aliphatic heterocycles. The summed E-state index contributed by atoms with van der Waals surface area (Å²) in [6.07, 6.45) is 1.95. The molecule has 1 saturated heterocycles. The summed E-state index contributed by atoms with van der Waals surface area (Å²) in [5.74, 6) is 0.327. The molecule has 4 heteroatoms. The Hall–Kier alpha value is -1.78. The van der Waals surface area contributed by atoms with Crippen LogP contribution in [-0.2, 0) is 0 Å². The van der Waals surface area contributed by atoms with Crippen LogP contribution in [0.25, 0.3) is 0 Å². The van der Waals surface area contributed by atoms with Crippen LogP contribution in [0.4, 0.5) is 0 Å². The van der Waals surface area contributed by atoms with Crippen molar-refractivity contribution in [1.82, 2.24) is 9.80 Å². The van der Waals surface area contributed by atoms with E-state index in [4.69, 9.17) is 0 Å². The number of hydrogen-bond acceptors (Lipinski definition) is 4. The number of piperazine rings is 1. The first-order chi connectivity index (χ1) is 11.1. The van der Waals surface area contributed by atoms with Crippen LogP contribution >= 0.6 is 11.3 Å². The van der Waals surface area contributed by atoms with E-state index in [1.807, 2.05) is 18.3 Å². The monoisotopic (exact) mass is 328 g/mol. The van der Waals surface area contributed by atoms with E-state index < -0.39 is 0 Å². The van der Waals surface area contributed by atoms with Gasteiger partial charge in [-0.3, -0.25) is 4.90 Å². The van der Waals surface area contributed by atoms with Crippen LogP contribution in [0.5, 0.6) is 5.75 Å². The Kier molecular flexibility index (Phi) is 4.74. The second-order valence-electron chi connectivity index (χ2n) is 6.33. The molecule has 3 nitrogen and oxygen atoms in total. The zero-order valence-electron chi connectivity index (χ0n) is 13.7. The molecule has 0 amide bonds. The number of thiophene rings is 1. The fourth-order valence-corrected chi connectivity index (χ4v) is 4.17. The molecule has 0 spiro atoms. The number of phenolic OH excluding ortho intramolecular Hbond substituents is 1. The smallest absolute Gasteiger partial charge is 0.115 e. The first-order valence-corrected chi connectivity index (χ1v) is 8.99. The first kappa shape index (κ1) is 16.1. The van der Waals surface area contributed by atoms with Gasteiger partial charge in [0.15, 0.2) is 0 Å². The highest BCUT2D eigenvalue weighted by Gasteiger charge is 2.33. The lowest BCUT2D eigenvalue weighted by atomic mass is 9.95. The lowest BCUT2D eigenvalue weighted by Gasteiger charge is -2.47. The Balaban J connectivity index is 1.97. The third-order valence-electron chi connectivity index (χ3n) is 4.69. The lowest BCUT2D eigenvalue weighted by Crippen LogP contribution is -2.55. The largest absolute Gasteiger partial charge is 0.508 e. The SMILES string of the molecule is C=CN1C[C@H](C)N([C@H](c2ccsc2)c2cccc(O)c2)C[C@H]1C. The Labute approximate surface area is 142 Å². The Bertz CT molecular complexity index is 655. The van der Waals surface area contributed by atoms with Crippen LogP contribution < -0.4 is 0 Å². The van der Waals surface area contributed by atoms with Gasteiger partial charge in [0.2, 0.25) is 0 Å². The summed E-state index contributed by atoms with van der Waals surface area (Å²) in [4.78, 5) is 4.86. The molecule has 1 aromatic carbocycles. The van der Waals surface area contributed by atoms with Crippen molar-refractivity contribution in [2.45, 2.75) is 32.0 Å². The number of phenols is 1. The third kappa shape index (κ3) is 3.28. The molecule has 122 valence electrons. The van der Waals surface area contributed by atoms with Gasteiger partial charge >= 0.3 is 0 Å². The highest BCUT2D eigenvalue weighted by Crippen LogP contribution is 2.35. The quantitative estimate of drug-likeness (QED) is 0.916.